The second kappa shape index (κ2) is 8.10. The lowest BCUT2D eigenvalue weighted by molar-refractivity contribution is -0.133. The summed E-state index contributed by atoms with van der Waals surface area (Å²) in [5, 5.41) is 3.05. The van der Waals surface area contributed by atoms with Crippen LogP contribution < -0.4 is 10.1 Å². The lowest BCUT2D eigenvalue weighted by Gasteiger charge is -2.41. The van der Waals surface area contributed by atoms with Crippen LogP contribution in [-0.4, -0.2) is 64.5 Å². The van der Waals surface area contributed by atoms with Gasteiger partial charge in [-0.25, -0.2) is 9.78 Å². The summed E-state index contributed by atoms with van der Waals surface area (Å²) in [5.74, 6) is 0.676. The molecule has 3 amide bonds. The highest BCUT2D eigenvalue weighted by atomic mass is 16.5. The summed E-state index contributed by atoms with van der Waals surface area (Å²) in [6, 6.07) is 7.40. The Kier molecular flexibility index (Phi) is 5.51. The molecule has 2 fully saturated rings. The van der Waals surface area contributed by atoms with Gasteiger partial charge in [0.2, 0.25) is 0 Å². The number of nitrogens with one attached hydrogen (secondary N) is 2. The molecule has 0 spiro atoms. The van der Waals surface area contributed by atoms with E-state index in [1.807, 2.05) is 31.2 Å². The number of likely N-dealkylation sites (tertiary alicyclic amines) is 1. The first kappa shape index (κ1) is 20.4. The number of likely N-dealkylation sites (N-methyl/N-ethyl adjacent to an activating group) is 1. The maximum absolute atomic E-state index is 13.3. The standard InChI is InChI=1S/C22H29N5O3/c1-15-19(24-14-23-15)13-27-9-7-17(8-10-27)22(20(28)26(2)21(29)25-22)12-16-5-4-6-18(11-16)30-3/h4-6,11,14,17H,7-10,12-13H2,1-3H3,(H,23,24)(H,25,29)/t22-/m0/s1. The molecule has 1 aromatic heterocycles. The number of urea groups is 1. The second-order valence-corrected chi connectivity index (χ2v) is 8.32. The zero-order chi connectivity index (χ0) is 21.3. The first-order valence-corrected chi connectivity index (χ1v) is 10.4. The molecule has 0 radical (unpaired) electrons. The van der Waals surface area contributed by atoms with E-state index in [0.29, 0.717) is 6.42 Å². The van der Waals surface area contributed by atoms with Crippen molar-refractivity contribution < 1.29 is 14.3 Å². The first-order valence-electron chi connectivity index (χ1n) is 10.4. The molecule has 8 heteroatoms. The van der Waals surface area contributed by atoms with Gasteiger partial charge in [-0.1, -0.05) is 12.1 Å². The van der Waals surface area contributed by atoms with Crippen LogP contribution in [0.3, 0.4) is 0 Å². The predicted molar refractivity (Wildman–Crippen MR) is 112 cm³/mol. The van der Waals surface area contributed by atoms with Gasteiger partial charge in [-0.2, -0.15) is 0 Å². The Bertz CT molecular complexity index is 934. The van der Waals surface area contributed by atoms with E-state index in [1.165, 1.54) is 4.90 Å². The Morgan fingerprint density at radius 1 is 1.27 bits per heavy atom. The van der Waals surface area contributed by atoms with Crippen molar-refractivity contribution in [2.24, 2.45) is 5.92 Å². The third-order valence-electron chi connectivity index (χ3n) is 6.53. The number of aromatic amines is 1. The van der Waals surface area contributed by atoms with E-state index >= 15 is 0 Å². The van der Waals surface area contributed by atoms with Crippen molar-refractivity contribution in [1.29, 1.82) is 0 Å². The summed E-state index contributed by atoms with van der Waals surface area (Å²) in [6.07, 6.45) is 3.87. The number of aromatic nitrogens is 2. The van der Waals surface area contributed by atoms with E-state index in [9.17, 15) is 9.59 Å². The molecule has 160 valence electrons. The van der Waals surface area contributed by atoms with Crippen LogP contribution >= 0.6 is 0 Å². The number of methoxy groups -OCH3 is 1. The van der Waals surface area contributed by atoms with Crippen molar-refractivity contribution in [1.82, 2.24) is 25.1 Å². The van der Waals surface area contributed by atoms with Crippen molar-refractivity contribution >= 4 is 11.9 Å². The molecule has 1 atom stereocenters. The Morgan fingerprint density at radius 2 is 2.03 bits per heavy atom. The highest BCUT2D eigenvalue weighted by Crippen LogP contribution is 2.36. The minimum absolute atomic E-state index is 0.0710. The van der Waals surface area contributed by atoms with Gasteiger partial charge in [0.25, 0.3) is 5.91 Å². The van der Waals surface area contributed by atoms with Crippen molar-refractivity contribution in [3.63, 3.8) is 0 Å². The molecule has 0 aliphatic carbocycles. The van der Waals surface area contributed by atoms with Gasteiger partial charge in [0, 0.05) is 25.7 Å². The highest BCUT2D eigenvalue weighted by Gasteiger charge is 2.54. The van der Waals surface area contributed by atoms with Gasteiger partial charge in [-0.3, -0.25) is 14.6 Å². The molecule has 0 bridgehead atoms. The van der Waals surface area contributed by atoms with E-state index in [0.717, 1.165) is 55.2 Å². The number of imidazole rings is 1. The number of rotatable bonds is 6. The van der Waals surface area contributed by atoms with Gasteiger partial charge >= 0.3 is 6.03 Å². The van der Waals surface area contributed by atoms with Gasteiger partial charge in [0.05, 0.1) is 19.1 Å². The van der Waals surface area contributed by atoms with Crippen molar-refractivity contribution in [3.05, 3.63) is 47.5 Å². The molecular formula is C22H29N5O3. The maximum Gasteiger partial charge on any atom is 0.324 e. The number of amides is 3. The average molecular weight is 412 g/mol. The Labute approximate surface area is 176 Å². The zero-order valence-electron chi connectivity index (χ0n) is 17.8. The minimum atomic E-state index is -0.910. The predicted octanol–water partition coefficient (Wildman–Crippen LogP) is 2.10. The molecule has 1 aromatic carbocycles. The number of hydrogen-bond donors (Lipinski definition) is 2. The molecule has 4 rings (SSSR count). The first-order chi connectivity index (χ1) is 14.4. The van der Waals surface area contributed by atoms with E-state index in [2.05, 4.69) is 20.2 Å². The number of imide groups is 1. The summed E-state index contributed by atoms with van der Waals surface area (Å²) in [4.78, 5) is 36.8. The molecule has 0 saturated carbocycles. The second-order valence-electron chi connectivity index (χ2n) is 8.32. The number of nitrogens with zero attached hydrogens (tertiary/aromatic N) is 3. The molecule has 3 heterocycles. The minimum Gasteiger partial charge on any atom is -0.497 e. The summed E-state index contributed by atoms with van der Waals surface area (Å²) < 4.78 is 5.34. The molecule has 2 aromatic rings. The molecule has 2 aliphatic rings. The topological polar surface area (TPSA) is 90.6 Å². The Morgan fingerprint density at radius 3 is 2.63 bits per heavy atom. The van der Waals surface area contributed by atoms with Crippen molar-refractivity contribution in [3.8, 4) is 5.75 Å². The third-order valence-corrected chi connectivity index (χ3v) is 6.53. The third kappa shape index (κ3) is 3.67. The molecule has 30 heavy (non-hydrogen) atoms. The quantitative estimate of drug-likeness (QED) is 0.711. The number of aryl methyl sites for hydroxylation is 1. The number of piperidine rings is 1. The van der Waals surface area contributed by atoms with E-state index in [1.54, 1.807) is 20.5 Å². The number of ether oxygens (including phenoxy) is 1. The van der Waals surface area contributed by atoms with Gasteiger partial charge in [0.1, 0.15) is 11.3 Å². The van der Waals surface area contributed by atoms with Crippen LogP contribution in [-0.2, 0) is 17.8 Å². The maximum atomic E-state index is 13.3. The van der Waals surface area contributed by atoms with Crippen LogP contribution in [0.5, 0.6) is 5.75 Å². The largest absolute Gasteiger partial charge is 0.497 e. The van der Waals surface area contributed by atoms with Crippen LogP contribution in [0.25, 0.3) is 0 Å². The molecule has 2 saturated heterocycles. The van der Waals surface area contributed by atoms with Gasteiger partial charge in [0.15, 0.2) is 0 Å². The molecular weight excluding hydrogens is 382 g/mol. The molecule has 0 unspecified atom stereocenters. The fourth-order valence-electron chi connectivity index (χ4n) is 4.71. The molecule has 8 nitrogen and oxygen atoms in total. The summed E-state index contributed by atoms with van der Waals surface area (Å²) in [5.41, 5.74) is 2.22. The summed E-state index contributed by atoms with van der Waals surface area (Å²) in [6.45, 7) is 4.55. The fourth-order valence-corrected chi connectivity index (χ4v) is 4.71. The van der Waals surface area contributed by atoms with E-state index in [4.69, 9.17) is 4.74 Å². The fraction of sp³-hybridized carbons (Fsp3) is 0.500. The van der Waals surface area contributed by atoms with Crippen LogP contribution in [0.2, 0.25) is 0 Å². The Hall–Kier alpha value is -2.87. The SMILES string of the molecule is COc1cccc(C[C@@]2(C3CCN(Cc4nc[nH]c4C)CC3)NC(=O)N(C)C2=O)c1. The summed E-state index contributed by atoms with van der Waals surface area (Å²) in [7, 11) is 3.18. The molecule has 2 N–H and O–H groups in total. The monoisotopic (exact) mass is 411 g/mol. The van der Waals surface area contributed by atoms with Crippen LogP contribution in [0.4, 0.5) is 4.79 Å². The number of benzene rings is 1. The number of hydrogen-bond acceptors (Lipinski definition) is 5. The zero-order valence-corrected chi connectivity index (χ0v) is 17.8. The van der Waals surface area contributed by atoms with Gasteiger partial charge < -0.3 is 15.0 Å². The number of carbonyl (C=O) groups excluding carboxylic acids is 2. The van der Waals surface area contributed by atoms with Crippen molar-refractivity contribution in [2.45, 2.75) is 38.3 Å². The summed E-state index contributed by atoms with van der Waals surface area (Å²) >= 11 is 0. The van der Waals surface area contributed by atoms with E-state index < -0.39 is 5.54 Å². The lowest BCUT2D eigenvalue weighted by Crippen LogP contribution is -2.57. The Balaban J connectivity index is 1.53. The molecule has 2 aliphatic heterocycles. The van der Waals surface area contributed by atoms with E-state index in [-0.39, 0.29) is 17.9 Å². The number of carbonyl (C=O) groups is 2. The van der Waals surface area contributed by atoms with Gasteiger partial charge in [-0.15, -0.1) is 0 Å². The van der Waals surface area contributed by atoms with Crippen molar-refractivity contribution in [2.75, 3.05) is 27.2 Å². The van der Waals surface area contributed by atoms with Crippen LogP contribution in [0.15, 0.2) is 30.6 Å². The van der Waals surface area contributed by atoms with Crippen LogP contribution in [0.1, 0.15) is 29.8 Å². The normalized spacial score (nSPS) is 23.1. The lowest BCUT2D eigenvalue weighted by atomic mass is 9.74. The average Bonchev–Trinajstić information content (AvgIpc) is 3.25. The van der Waals surface area contributed by atoms with Crippen LogP contribution in [0, 0.1) is 12.8 Å². The smallest absolute Gasteiger partial charge is 0.324 e. The number of H-pyrrole nitrogens is 1. The van der Waals surface area contributed by atoms with Gasteiger partial charge in [-0.05, 0) is 56.5 Å². The highest BCUT2D eigenvalue weighted by molar-refractivity contribution is 6.07.